The average Bonchev–Trinajstić information content (AvgIpc) is 3.31. The van der Waals surface area contributed by atoms with E-state index in [-0.39, 0.29) is 17.4 Å². The minimum Gasteiger partial charge on any atom is -0.306 e. The number of hydrazone groups is 1. The van der Waals surface area contributed by atoms with E-state index in [0.29, 0.717) is 5.69 Å². The van der Waals surface area contributed by atoms with Gasteiger partial charge in [-0.3, -0.25) is 14.7 Å². The number of hydrogen-bond donors (Lipinski definition) is 3. The van der Waals surface area contributed by atoms with Gasteiger partial charge >= 0.3 is 0 Å². The molecule has 0 saturated heterocycles. The molecule has 0 bridgehead atoms. The van der Waals surface area contributed by atoms with Crippen molar-refractivity contribution in [3.63, 3.8) is 0 Å². The number of hydrogen-bond acceptors (Lipinski definition) is 4. The number of aromatic amines is 1. The number of amidine groups is 1. The molecule has 3 N–H and O–H groups in total. The normalized spacial score (nSPS) is 16.1. The second-order valence-electron chi connectivity index (χ2n) is 5.80. The van der Waals surface area contributed by atoms with Gasteiger partial charge in [0.25, 0.3) is 11.8 Å². The number of carbonyl (C=O) groups is 2. The van der Waals surface area contributed by atoms with Crippen LogP contribution in [0.2, 0.25) is 0 Å². The quantitative estimate of drug-likeness (QED) is 0.677. The van der Waals surface area contributed by atoms with Gasteiger partial charge in [-0.25, -0.2) is 5.43 Å². The number of carbonyl (C=O) groups excluding carboxylic acids is 2. The summed E-state index contributed by atoms with van der Waals surface area (Å²) in [4.78, 5) is 24.6. The zero-order valence-corrected chi connectivity index (χ0v) is 13.6. The van der Waals surface area contributed by atoms with E-state index >= 15 is 0 Å². The van der Waals surface area contributed by atoms with Crippen molar-refractivity contribution >= 4 is 17.6 Å². The van der Waals surface area contributed by atoms with E-state index in [9.17, 15) is 9.59 Å². The fraction of sp³-hybridized carbons (Fsp3) is 0.0526. The van der Waals surface area contributed by atoms with Crippen LogP contribution in [0.25, 0.3) is 11.3 Å². The van der Waals surface area contributed by atoms with Gasteiger partial charge < -0.3 is 5.32 Å². The Hall–Kier alpha value is -3.74. The first-order valence-corrected chi connectivity index (χ1v) is 8.07. The van der Waals surface area contributed by atoms with Crippen LogP contribution in [0.1, 0.15) is 22.0 Å². The van der Waals surface area contributed by atoms with Crippen molar-refractivity contribution in [1.82, 2.24) is 20.9 Å². The predicted octanol–water partition coefficient (Wildman–Crippen LogP) is 2.03. The zero-order valence-electron chi connectivity index (χ0n) is 13.6. The number of aromatic nitrogens is 2. The van der Waals surface area contributed by atoms with Crippen LogP contribution in [0.5, 0.6) is 0 Å². The Bertz CT molecular complexity index is 979. The summed E-state index contributed by atoms with van der Waals surface area (Å²) in [5.74, 6) is -1.06. The number of nitrogens with one attached hydrogen (secondary N) is 3. The van der Waals surface area contributed by atoms with Crippen molar-refractivity contribution in [3.8, 4) is 11.3 Å². The number of amides is 2. The van der Waals surface area contributed by atoms with Gasteiger partial charge in [0.1, 0.15) is 17.4 Å². The Balaban J connectivity index is 1.53. The van der Waals surface area contributed by atoms with Crippen molar-refractivity contribution in [2.45, 2.75) is 5.92 Å². The molecule has 128 valence electrons. The summed E-state index contributed by atoms with van der Waals surface area (Å²) in [5.41, 5.74) is 5.03. The molecule has 2 amide bonds. The first kappa shape index (κ1) is 15.8. The Morgan fingerprint density at radius 2 is 1.69 bits per heavy atom. The van der Waals surface area contributed by atoms with Gasteiger partial charge in [-0.1, -0.05) is 60.7 Å². The fourth-order valence-corrected chi connectivity index (χ4v) is 2.80. The van der Waals surface area contributed by atoms with E-state index in [1.165, 1.54) is 0 Å². The third-order valence-electron chi connectivity index (χ3n) is 4.09. The zero-order chi connectivity index (χ0) is 17.9. The van der Waals surface area contributed by atoms with Crippen molar-refractivity contribution in [2.75, 3.05) is 0 Å². The van der Waals surface area contributed by atoms with Crippen LogP contribution in [-0.2, 0) is 4.79 Å². The van der Waals surface area contributed by atoms with Gasteiger partial charge in [0.2, 0.25) is 0 Å². The van der Waals surface area contributed by atoms with E-state index in [2.05, 4.69) is 26.0 Å². The lowest BCUT2D eigenvalue weighted by molar-refractivity contribution is -0.120. The highest BCUT2D eigenvalue weighted by molar-refractivity contribution is 6.18. The lowest BCUT2D eigenvalue weighted by Gasteiger charge is -2.11. The maximum Gasteiger partial charge on any atom is 0.274 e. The van der Waals surface area contributed by atoms with Crippen LogP contribution in [-0.4, -0.2) is 27.8 Å². The molecule has 1 atom stereocenters. The minimum atomic E-state index is -0.642. The molecule has 1 aliphatic heterocycles. The topological polar surface area (TPSA) is 99.2 Å². The Morgan fingerprint density at radius 3 is 2.42 bits per heavy atom. The van der Waals surface area contributed by atoms with Gasteiger partial charge in [-0.05, 0) is 11.6 Å². The Labute approximate surface area is 149 Å². The molecule has 1 aromatic heterocycles. The summed E-state index contributed by atoms with van der Waals surface area (Å²) in [6.45, 7) is 0. The van der Waals surface area contributed by atoms with Crippen LogP contribution in [0, 0.1) is 0 Å². The first-order valence-electron chi connectivity index (χ1n) is 8.07. The number of H-pyrrole nitrogens is 1. The molecule has 3 aromatic rings. The van der Waals surface area contributed by atoms with Crippen LogP contribution in [0.4, 0.5) is 0 Å². The van der Waals surface area contributed by atoms with E-state index in [1.807, 2.05) is 60.7 Å². The van der Waals surface area contributed by atoms with Gasteiger partial charge in [0, 0.05) is 5.56 Å². The summed E-state index contributed by atoms with van der Waals surface area (Å²) in [7, 11) is 0. The van der Waals surface area contributed by atoms with Crippen LogP contribution in [0.3, 0.4) is 0 Å². The molecule has 4 rings (SSSR count). The highest BCUT2D eigenvalue weighted by Gasteiger charge is 2.33. The lowest BCUT2D eigenvalue weighted by atomic mass is 9.98. The predicted molar refractivity (Wildman–Crippen MR) is 96.3 cm³/mol. The van der Waals surface area contributed by atoms with E-state index in [0.717, 1.165) is 11.1 Å². The second-order valence-corrected chi connectivity index (χ2v) is 5.80. The summed E-state index contributed by atoms with van der Waals surface area (Å²) in [5, 5.41) is 13.5. The highest BCUT2D eigenvalue weighted by atomic mass is 16.2. The molecule has 2 heterocycles. The molecule has 0 spiro atoms. The van der Waals surface area contributed by atoms with Crippen LogP contribution < -0.4 is 10.7 Å². The van der Waals surface area contributed by atoms with Gasteiger partial charge in [-0.2, -0.15) is 10.2 Å². The van der Waals surface area contributed by atoms with Gasteiger partial charge in [0.05, 0.1) is 5.69 Å². The molecule has 7 nitrogen and oxygen atoms in total. The molecule has 0 radical (unpaired) electrons. The molecular formula is C19H15N5O2. The summed E-state index contributed by atoms with van der Waals surface area (Å²) >= 11 is 0. The molecule has 26 heavy (non-hydrogen) atoms. The van der Waals surface area contributed by atoms with E-state index in [1.54, 1.807) is 6.07 Å². The number of rotatable bonds is 3. The molecule has 1 unspecified atom stereocenters. The summed E-state index contributed by atoms with van der Waals surface area (Å²) in [6.07, 6.45) is 0. The third-order valence-corrected chi connectivity index (χ3v) is 4.09. The summed E-state index contributed by atoms with van der Waals surface area (Å²) < 4.78 is 0. The third kappa shape index (κ3) is 2.98. The molecule has 0 aliphatic carbocycles. The monoisotopic (exact) mass is 345 g/mol. The van der Waals surface area contributed by atoms with E-state index in [4.69, 9.17) is 0 Å². The number of benzene rings is 2. The Kier molecular flexibility index (Phi) is 4.03. The molecule has 1 aliphatic rings. The standard InChI is InChI=1S/C19H15N5O2/c25-18(15-11-14(21-22-15)12-7-3-1-4-8-12)20-17-16(19(26)24-23-17)13-9-5-2-6-10-13/h1-11,16H,(H,21,22)(H,24,26)(H,20,23,25). The minimum absolute atomic E-state index is 0.266. The molecule has 0 saturated carbocycles. The Morgan fingerprint density at radius 1 is 1.00 bits per heavy atom. The molecule has 7 heteroatoms. The van der Waals surface area contributed by atoms with Gasteiger partial charge in [0.15, 0.2) is 0 Å². The molecule has 0 fully saturated rings. The molecule has 2 aromatic carbocycles. The van der Waals surface area contributed by atoms with Crippen LogP contribution in [0.15, 0.2) is 71.8 Å². The van der Waals surface area contributed by atoms with Crippen molar-refractivity contribution in [2.24, 2.45) is 5.10 Å². The number of nitrogens with zero attached hydrogens (tertiary/aromatic N) is 2. The highest BCUT2D eigenvalue weighted by Crippen LogP contribution is 2.21. The van der Waals surface area contributed by atoms with E-state index < -0.39 is 11.8 Å². The SMILES string of the molecule is O=C(NC1=NNC(=O)C1c1ccccc1)c1cc(-c2ccccc2)n[nH]1. The van der Waals surface area contributed by atoms with Crippen LogP contribution >= 0.6 is 0 Å². The maximum absolute atomic E-state index is 12.5. The first-order chi connectivity index (χ1) is 12.7. The van der Waals surface area contributed by atoms with Crippen molar-refractivity contribution < 1.29 is 9.59 Å². The molecular weight excluding hydrogens is 330 g/mol. The van der Waals surface area contributed by atoms with Crippen molar-refractivity contribution in [3.05, 3.63) is 78.0 Å². The fourth-order valence-electron chi connectivity index (χ4n) is 2.80. The van der Waals surface area contributed by atoms with Gasteiger partial charge in [-0.15, -0.1) is 0 Å². The van der Waals surface area contributed by atoms with Crippen molar-refractivity contribution in [1.29, 1.82) is 0 Å². The summed E-state index contributed by atoms with van der Waals surface area (Å²) in [6, 6.07) is 20.4. The second kappa shape index (κ2) is 6.64. The smallest absolute Gasteiger partial charge is 0.274 e. The lowest BCUT2D eigenvalue weighted by Crippen LogP contribution is -2.35. The maximum atomic E-state index is 12.5. The average molecular weight is 345 g/mol. The largest absolute Gasteiger partial charge is 0.306 e.